The molecular formula is C11H14N2O. The number of hydrogen-bond donors (Lipinski definition) is 2. The maximum absolute atomic E-state index is 11.6. The Morgan fingerprint density at radius 3 is 2.57 bits per heavy atom. The lowest BCUT2D eigenvalue weighted by molar-refractivity contribution is 0.0976. The molecule has 0 spiro atoms. The van der Waals surface area contributed by atoms with E-state index in [0.29, 0.717) is 5.56 Å². The Balaban J connectivity index is 3.00. The first-order valence-electron chi connectivity index (χ1n) is 4.44. The van der Waals surface area contributed by atoms with Gasteiger partial charge in [0.25, 0.3) is 5.91 Å². The summed E-state index contributed by atoms with van der Waals surface area (Å²) >= 11 is 0. The molecule has 0 atom stereocenters. The number of hydrogen-bond acceptors (Lipinski definition) is 2. The van der Waals surface area contributed by atoms with Crippen LogP contribution in [0, 0.1) is 19.3 Å². The van der Waals surface area contributed by atoms with Crippen LogP contribution >= 0.6 is 0 Å². The summed E-state index contributed by atoms with van der Waals surface area (Å²) in [6, 6.07) is 5.69. The largest absolute Gasteiger partial charge is 0.311 e. The monoisotopic (exact) mass is 190 g/mol. The van der Waals surface area contributed by atoms with Gasteiger partial charge in [0.2, 0.25) is 0 Å². The number of nitrogens with one attached hydrogen (secondary N) is 2. The highest BCUT2D eigenvalue weighted by Gasteiger charge is 2.08. The number of amidine groups is 1. The van der Waals surface area contributed by atoms with Crippen LogP contribution < -0.4 is 5.32 Å². The molecule has 0 radical (unpaired) electrons. The average molecular weight is 190 g/mol. The summed E-state index contributed by atoms with van der Waals surface area (Å²) in [6.45, 7) is 5.37. The zero-order valence-electron chi connectivity index (χ0n) is 8.64. The molecule has 74 valence electrons. The van der Waals surface area contributed by atoms with Gasteiger partial charge in [0.05, 0.1) is 5.84 Å². The maximum Gasteiger partial charge on any atom is 0.256 e. The molecule has 0 saturated heterocycles. The van der Waals surface area contributed by atoms with Gasteiger partial charge in [-0.15, -0.1) is 0 Å². The van der Waals surface area contributed by atoms with Crippen LogP contribution in [0.4, 0.5) is 0 Å². The predicted octanol–water partition coefficient (Wildman–Crippen LogP) is 2.03. The van der Waals surface area contributed by atoms with Crippen molar-refractivity contribution < 1.29 is 4.79 Å². The number of rotatable bonds is 1. The second-order valence-corrected chi connectivity index (χ2v) is 3.40. The number of amides is 1. The molecule has 1 aromatic carbocycles. The van der Waals surface area contributed by atoms with Gasteiger partial charge in [0.1, 0.15) is 0 Å². The highest BCUT2D eigenvalue weighted by atomic mass is 16.1. The average Bonchev–Trinajstić information content (AvgIpc) is 2.08. The fourth-order valence-corrected chi connectivity index (χ4v) is 1.22. The van der Waals surface area contributed by atoms with Gasteiger partial charge in [0, 0.05) is 5.56 Å². The predicted molar refractivity (Wildman–Crippen MR) is 56.8 cm³/mol. The normalized spacial score (nSPS) is 9.64. The van der Waals surface area contributed by atoms with Gasteiger partial charge in [-0.3, -0.25) is 10.2 Å². The molecule has 0 saturated carbocycles. The molecule has 0 aliphatic heterocycles. The van der Waals surface area contributed by atoms with Crippen molar-refractivity contribution in [1.29, 1.82) is 5.41 Å². The van der Waals surface area contributed by atoms with Crippen LogP contribution in [-0.4, -0.2) is 11.7 Å². The Labute approximate surface area is 83.7 Å². The Kier molecular flexibility index (Phi) is 3.02. The van der Waals surface area contributed by atoms with E-state index >= 15 is 0 Å². The van der Waals surface area contributed by atoms with Gasteiger partial charge in [-0.1, -0.05) is 17.7 Å². The zero-order valence-corrected chi connectivity index (χ0v) is 8.64. The Hall–Kier alpha value is -1.64. The summed E-state index contributed by atoms with van der Waals surface area (Å²) in [4.78, 5) is 11.6. The van der Waals surface area contributed by atoms with Crippen LogP contribution in [0.3, 0.4) is 0 Å². The first-order valence-corrected chi connectivity index (χ1v) is 4.44. The smallest absolute Gasteiger partial charge is 0.256 e. The fourth-order valence-electron chi connectivity index (χ4n) is 1.22. The molecule has 0 aliphatic rings. The molecule has 2 N–H and O–H groups in total. The lowest BCUT2D eigenvalue weighted by atomic mass is 10.1. The molecular weight excluding hydrogens is 176 g/mol. The maximum atomic E-state index is 11.6. The first kappa shape index (κ1) is 10.4. The summed E-state index contributed by atoms with van der Waals surface area (Å²) in [5, 5.41) is 9.64. The van der Waals surface area contributed by atoms with Gasteiger partial charge in [0.15, 0.2) is 0 Å². The minimum atomic E-state index is -0.210. The molecule has 0 aliphatic carbocycles. The molecule has 3 nitrogen and oxygen atoms in total. The van der Waals surface area contributed by atoms with E-state index in [1.165, 1.54) is 0 Å². The van der Waals surface area contributed by atoms with E-state index < -0.39 is 0 Å². The van der Waals surface area contributed by atoms with Crippen molar-refractivity contribution in [1.82, 2.24) is 5.32 Å². The standard InChI is InChI=1S/C11H14N2O/c1-7-4-5-8(2)10(6-7)11(14)13-9(3)12/h4-6H,1-3H3,(H2,12,13,14). The lowest BCUT2D eigenvalue weighted by Gasteiger charge is -2.06. The fraction of sp³-hybridized carbons (Fsp3) is 0.273. The van der Waals surface area contributed by atoms with E-state index in [1.54, 1.807) is 6.92 Å². The van der Waals surface area contributed by atoms with Gasteiger partial charge in [-0.25, -0.2) is 0 Å². The van der Waals surface area contributed by atoms with Crippen LogP contribution in [0.5, 0.6) is 0 Å². The minimum Gasteiger partial charge on any atom is -0.311 e. The van der Waals surface area contributed by atoms with E-state index in [0.717, 1.165) is 11.1 Å². The SMILES string of the molecule is CC(=N)NC(=O)c1cc(C)ccc1C. The second kappa shape index (κ2) is 4.05. The third-order valence-electron chi connectivity index (χ3n) is 1.94. The van der Waals surface area contributed by atoms with Gasteiger partial charge >= 0.3 is 0 Å². The Morgan fingerprint density at radius 1 is 1.36 bits per heavy atom. The Morgan fingerprint density at radius 2 is 2.00 bits per heavy atom. The highest BCUT2D eigenvalue weighted by Crippen LogP contribution is 2.10. The molecule has 0 unspecified atom stereocenters. The van der Waals surface area contributed by atoms with E-state index in [9.17, 15) is 4.79 Å². The number of benzene rings is 1. The van der Waals surface area contributed by atoms with Crippen LogP contribution in [0.25, 0.3) is 0 Å². The molecule has 0 fully saturated rings. The third-order valence-corrected chi connectivity index (χ3v) is 1.94. The van der Waals surface area contributed by atoms with Crippen molar-refractivity contribution >= 4 is 11.7 Å². The topological polar surface area (TPSA) is 53.0 Å². The number of carbonyl (C=O) groups is 1. The first-order chi connectivity index (χ1) is 6.50. The van der Waals surface area contributed by atoms with E-state index in [-0.39, 0.29) is 11.7 Å². The molecule has 14 heavy (non-hydrogen) atoms. The molecule has 0 heterocycles. The van der Waals surface area contributed by atoms with E-state index in [4.69, 9.17) is 5.41 Å². The summed E-state index contributed by atoms with van der Waals surface area (Å²) in [6.07, 6.45) is 0. The zero-order chi connectivity index (χ0) is 10.7. The molecule has 1 aromatic rings. The van der Waals surface area contributed by atoms with Gasteiger partial charge < -0.3 is 5.32 Å². The third kappa shape index (κ3) is 2.42. The van der Waals surface area contributed by atoms with E-state index in [1.807, 2.05) is 32.0 Å². The van der Waals surface area contributed by atoms with E-state index in [2.05, 4.69) is 5.32 Å². The second-order valence-electron chi connectivity index (χ2n) is 3.40. The summed E-state index contributed by atoms with van der Waals surface area (Å²) in [5.41, 5.74) is 2.61. The number of carbonyl (C=O) groups excluding carboxylic acids is 1. The van der Waals surface area contributed by atoms with Crippen molar-refractivity contribution in [3.8, 4) is 0 Å². The molecule has 0 aromatic heterocycles. The van der Waals surface area contributed by atoms with Crippen molar-refractivity contribution in [2.24, 2.45) is 0 Å². The molecule has 0 bridgehead atoms. The molecule has 3 heteroatoms. The van der Waals surface area contributed by atoms with Crippen molar-refractivity contribution in [3.63, 3.8) is 0 Å². The van der Waals surface area contributed by atoms with Gasteiger partial charge in [-0.2, -0.15) is 0 Å². The van der Waals surface area contributed by atoms with Crippen molar-refractivity contribution in [3.05, 3.63) is 34.9 Å². The van der Waals surface area contributed by atoms with Crippen LogP contribution in [0.2, 0.25) is 0 Å². The van der Waals surface area contributed by atoms with Gasteiger partial charge in [-0.05, 0) is 32.4 Å². The Bertz CT molecular complexity index is 383. The molecule has 1 amide bonds. The van der Waals surface area contributed by atoms with Crippen molar-refractivity contribution in [2.75, 3.05) is 0 Å². The highest BCUT2D eigenvalue weighted by molar-refractivity contribution is 6.05. The van der Waals surface area contributed by atoms with Crippen LogP contribution in [-0.2, 0) is 0 Å². The quantitative estimate of drug-likeness (QED) is 0.516. The minimum absolute atomic E-state index is 0.163. The summed E-state index contributed by atoms with van der Waals surface area (Å²) in [5.74, 6) is -0.0467. The summed E-state index contributed by atoms with van der Waals surface area (Å²) < 4.78 is 0. The van der Waals surface area contributed by atoms with Crippen LogP contribution in [0.15, 0.2) is 18.2 Å². The summed E-state index contributed by atoms with van der Waals surface area (Å²) in [7, 11) is 0. The lowest BCUT2D eigenvalue weighted by Crippen LogP contribution is -2.28. The van der Waals surface area contributed by atoms with Crippen molar-refractivity contribution in [2.45, 2.75) is 20.8 Å². The molecule has 1 rings (SSSR count). The number of aryl methyl sites for hydroxylation is 2. The van der Waals surface area contributed by atoms with Crippen LogP contribution in [0.1, 0.15) is 28.4 Å².